The summed E-state index contributed by atoms with van der Waals surface area (Å²) >= 11 is 5.75. The SMILES string of the molecule is Cc1ccc(-n2cccc2[C@@H]2[C@@H](c3ccccn3)NC(=S)N2CCC(=O)Nc2ccccc2F)cc1C. The fraction of sp³-hybridized carbons (Fsp3) is 0.207. The summed E-state index contributed by atoms with van der Waals surface area (Å²) in [5, 5.41) is 6.65. The van der Waals surface area contributed by atoms with E-state index in [1.54, 1.807) is 24.4 Å². The highest BCUT2D eigenvalue weighted by atomic mass is 32.1. The van der Waals surface area contributed by atoms with E-state index in [1.807, 2.05) is 35.4 Å². The molecule has 2 aromatic carbocycles. The molecule has 0 unspecified atom stereocenters. The average molecular weight is 514 g/mol. The zero-order valence-corrected chi connectivity index (χ0v) is 21.5. The Bertz CT molecular complexity index is 1440. The number of nitrogens with one attached hydrogen (secondary N) is 2. The molecule has 1 amide bonds. The molecule has 1 saturated heterocycles. The van der Waals surface area contributed by atoms with Gasteiger partial charge in [0.25, 0.3) is 0 Å². The third-order valence-corrected chi connectivity index (χ3v) is 7.13. The predicted octanol–water partition coefficient (Wildman–Crippen LogP) is 5.63. The molecule has 2 atom stereocenters. The van der Waals surface area contributed by atoms with Gasteiger partial charge in [0.1, 0.15) is 5.82 Å². The number of hydrogen-bond acceptors (Lipinski definition) is 3. The van der Waals surface area contributed by atoms with Gasteiger partial charge in [0, 0.05) is 36.7 Å². The number of nitrogens with zero attached hydrogens (tertiary/aromatic N) is 3. The molecular formula is C29H28FN5OS. The van der Waals surface area contributed by atoms with Gasteiger partial charge >= 0.3 is 0 Å². The fourth-order valence-corrected chi connectivity index (χ4v) is 5.04. The van der Waals surface area contributed by atoms with Crippen molar-refractivity contribution in [1.29, 1.82) is 0 Å². The van der Waals surface area contributed by atoms with Crippen LogP contribution in [0.25, 0.3) is 5.69 Å². The van der Waals surface area contributed by atoms with Crippen LogP contribution >= 0.6 is 12.2 Å². The smallest absolute Gasteiger partial charge is 0.226 e. The van der Waals surface area contributed by atoms with Crippen LogP contribution in [0.15, 0.2) is 85.2 Å². The van der Waals surface area contributed by atoms with Gasteiger partial charge in [-0.25, -0.2) is 4.39 Å². The highest BCUT2D eigenvalue weighted by molar-refractivity contribution is 7.80. The van der Waals surface area contributed by atoms with Crippen molar-refractivity contribution in [3.8, 4) is 5.69 Å². The molecule has 1 aliphatic heterocycles. The number of amides is 1. The van der Waals surface area contributed by atoms with Crippen molar-refractivity contribution >= 4 is 28.9 Å². The van der Waals surface area contributed by atoms with E-state index in [4.69, 9.17) is 12.2 Å². The van der Waals surface area contributed by atoms with Crippen LogP contribution in [0.2, 0.25) is 0 Å². The van der Waals surface area contributed by atoms with Crippen molar-refractivity contribution in [3.05, 3.63) is 114 Å². The lowest BCUT2D eigenvalue weighted by atomic mass is 10.0. The van der Waals surface area contributed by atoms with Crippen LogP contribution in [0, 0.1) is 19.7 Å². The van der Waals surface area contributed by atoms with Gasteiger partial charge in [-0.15, -0.1) is 0 Å². The lowest BCUT2D eigenvalue weighted by Crippen LogP contribution is -2.33. The number of anilines is 1. The molecule has 3 heterocycles. The number of hydrogen-bond donors (Lipinski definition) is 2. The molecule has 0 bridgehead atoms. The van der Waals surface area contributed by atoms with E-state index in [9.17, 15) is 9.18 Å². The molecule has 2 N–H and O–H groups in total. The number of pyridine rings is 1. The quantitative estimate of drug-likeness (QED) is 0.314. The van der Waals surface area contributed by atoms with Crippen LogP contribution in [0.3, 0.4) is 0 Å². The number of thiocarbonyl (C=S) groups is 1. The Kier molecular flexibility index (Phi) is 7.01. The molecule has 6 nitrogen and oxygen atoms in total. The summed E-state index contributed by atoms with van der Waals surface area (Å²) in [5.41, 5.74) is 5.55. The lowest BCUT2D eigenvalue weighted by molar-refractivity contribution is -0.116. The zero-order chi connectivity index (χ0) is 25.9. The molecule has 37 heavy (non-hydrogen) atoms. The average Bonchev–Trinajstić information content (AvgIpc) is 3.50. The highest BCUT2D eigenvalue weighted by Crippen LogP contribution is 2.39. The maximum absolute atomic E-state index is 14.0. The number of rotatable bonds is 7. The first-order valence-electron chi connectivity index (χ1n) is 12.2. The summed E-state index contributed by atoms with van der Waals surface area (Å²) in [5.74, 6) is -0.744. The van der Waals surface area contributed by atoms with E-state index in [1.165, 1.54) is 17.2 Å². The second-order valence-corrected chi connectivity index (χ2v) is 9.56. The van der Waals surface area contributed by atoms with Gasteiger partial charge < -0.3 is 20.1 Å². The Morgan fingerprint density at radius 3 is 2.62 bits per heavy atom. The maximum Gasteiger partial charge on any atom is 0.226 e. The molecule has 4 aromatic rings. The van der Waals surface area contributed by atoms with Gasteiger partial charge in [0.05, 0.1) is 23.5 Å². The minimum absolute atomic E-state index is 0.145. The standard InChI is InChI=1S/C29H28FN5OS/c1-19-12-13-21(18-20(19)2)34-16-7-11-25(34)28-27(24-10-5-6-15-31-24)33-29(37)35(28)17-14-26(36)32-23-9-4-3-8-22(23)30/h3-13,15-16,18,27-28H,14,17H2,1-2H3,(H,32,36)(H,33,37)/t27-,28-/m1/s1. The van der Waals surface area contributed by atoms with Gasteiger partial charge in [-0.1, -0.05) is 24.3 Å². The van der Waals surface area contributed by atoms with E-state index >= 15 is 0 Å². The fourth-order valence-electron chi connectivity index (χ4n) is 4.71. The van der Waals surface area contributed by atoms with Gasteiger partial charge in [0.2, 0.25) is 5.91 Å². The van der Waals surface area contributed by atoms with Crippen LogP contribution in [-0.2, 0) is 4.79 Å². The van der Waals surface area contributed by atoms with Crippen molar-refractivity contribution in [1.82, 2.24) is 19.8 Å². The molecule has 0 radical (unpaired) electrons. The van der Waals surface area contributed by atoms with E-state index in [2.05, 4.69) is 58.3 Å². The van der Waals surface area contributed by atoms with Crippen LogP contribution in [-0.4, -0.2) is 32.0 Å². The maximum atomic E-state index is 14.0. The number of carbonyl (C=O) groups excluding carboxylic acids is 1. The van der Waals surface area contributed by atoms with E-state index in [-0.39, 0.29) is 30.1 Å². The Morgan fingerprint density at radius 2 is 1.86 bits per heavy atom. The molecule has 1 aliphatic rings. The number of aromatic nitrogens is 2. The Balaban J connectivity index is 1.46. The summed E-state index contributed by atoms with van der Waals surface area (Å²) in [6.07, 6.45) is 3.95. The van der Waals surface area contributed by atoms with Crippen molar-refractivity contribution in [2.75, 3.05) is 11.9 Å². The van der Waals surface area contributed by atoms with Crippen LogP contribution in [0.5, 0.6) is 0 Å². The van der Waals surface area contributed by atoms with Crippen molar-refractivity contribution < 1.29 is 9.18 Å². The zero-order valence-electron chi connectivity index (χ0n) is 20.7. The first-order chi connectivity index (χ1) is 17.9. The van der Waals surface area contributed by atoms with Crippen LogP contribution in [0.4, 0.5) is 10.1 Å². The summed E-state index contributed by atoms with van der Waals surface area (Å²) in [4.78, 5) is 19.4. The molecule has 5 rings (SSSR count). The molecule has 8 heteroatoms. The number of halogens is 1. The molecule has 0 aliphatic carbocycles. The molecule has 1 fully saturated rings. The van der Waals surface area contributed by atoms with Crippen molar-refractivity contribution in [2.24, 2.45) is 0 Å². The molecule has 0 spiro atoms. The highest BCUT2D eigenvalue weighted by Gasteiger charge is 2.41. The van der Waals surface area contributed by atoms with E-state index < -0.39 is 5.82 Å². The van der Waals surface area contributed by atoms with Crippen LogP contribution < -0.4 is 10.6 Å². The van der Waals surface area contributed by atoms with Gasteiger partial charge in [-0.2, -0.15) is 0 Å². The second kappa shape index (κ2) is 10.5. The Morgan fingerprint density at radius 1 is 1.05 bits per heavy atom. The Hall–Kier alpha value is -4.04. The van der Waals surface area contributed by atoms with E-state index in [0.717, 1.165) is 17.1 Å². The topological polar surface area (TPSA) is 62.2 Å². The van der Waals surface area contributed by atoms with Crippen molar-refractivity contribution in [2.45, 2.75) is 32.4 Å². The van der Waals surface area contributed by atoms with Gasteiger partial charge in [0.15, 0.2) is 5.11 Å². The first kappa shape index (κ1) is 24.6. The number of aryl methyl sites for hydroxylation is 2. The molecule has 188 valence electrons. The summed E-state index contributed by atoms with van der Waals surface area (Å²) in [6.45, 7) is 4.56. The second-order valence-electron chi connectivity index (χ2n) is 9.17. The number of benzene rings is 2. The summed E-state index contributed by atoms with van der Waals surface area (Å²) in [6, 6.07) is 22.0. The van der Waals surface area contributed by atoms with Gasteiger partial charge in [-0.3, -0.25) is 9.78 Å². The summed E-state index contributed by atoms with van der Waals surface area (Å²) < 4.78 is 16.2. The third-order valence-electron chi connectivity index (χ3n) is 6.78. The Labute approximate surface area is 221 Å². The predicted molar refractivity (Wildman–Crippen MR) is 147 cm³/mol. The minimum atomic E-state index is -0.464. The van der Waals surface area contributed by atoms with Crippen molar-refractivity contribution in [3.63, 3.8) is 0 Å². The lowest BCUT2D eigenvalue weighted by Gasteiger charge is -2.29. The minimum Gasteiger partial charge on any atom is -0.352 e. The normalized spacial score (nSPS) is 17.1. The molecular weight excluding hydrogens is 485 g/mol. The van der Waals surface area contributed by atoms with E-state index in [0.29, 0.717) is 11.7 Å². The number of carbonyl (C=O) groups is 1. The summed E-state index contributed by atoms with van der Waals surface area (Å²) in [7, 11) is 0. The van der Waals surface area contributed by atoms with Crippen LogP contribution in [0.1, 0.15) is 41.0 Å². The molecule has 2 aromatic heterocycles. The molecule has 0 saturated carbocycles. The first-order valence-corrected chi connectivity index (χ1v) is 12.6. The monoisotopic (exact) mass is 513 g/mol. The number of para-hydroxylation sites is 1. The van der Waals surface area contributed by atoms with Gasteiger partial charge in [-0.05, 0) is 85.7 Å². The third kappa shape index (κ3) is 5.11. The largest absolute Gasteiger partial charge is 0.352 e.